The molecule has 0 amide bonds. The lowest BCUT2D eigenvalue weighted by atomic mass is 10.2. The van der Waals surface area contributed by atoms with Gasteiger partial charge in [-0.1, -0.05) is 53.2 Å². The summed E-state index contributed by atoms with van der Waals surface area (Å²) in [6, 6.07) is 17.4. The molecule has 0 N–H and O–H groups in total. The second kappa shape index (κ2) is 6.83. The van der Waals surface area contributed by atoms with E-state index in [0.29, 0.717) is 22.7 Å². The molecule has 3 heterocycles. The van der Waals surface area contributed by atoms with Crippen molar-refractivity contribution in [2.45, 2.75) is 13.5 Å². The van der Waals surface area contributed by atoms with Crippen molar-refractivity contribution in [3.05, 3.63) is 88.9 Å². The van der Waals surface area contributed by atoms with Gasteiger partial charge in [0.2, 0.25) is 11.7 Å². The van der Waals surface area contributed by atoms with Gasteiger partial charge >= 0.3 is 0 Å². The summed E-state index contributed by atoms with van der Waals surface area (Å²) in [6.07, 6.45) is 3.01. The molecular formula is C21H16N6O2. The Morgan fingerprint density at radius 2 is 1.83 bits per heavy atom. The van der Waals surface area contributed by atoms with Crippen molar-refractivity contribution < 1.29 is 4.52 Å². The lowest BCUT2D eigenvalue weighted by molar-refractivity contribution is 0.369. The monoisotopic (exact) mass is 384 g/mol. The molecule has 5 rings (SSSR count). The molecule has 0 saturated heterocycles. The summed E-state index contributed by atoms with van der Waals surface area (Å²) >= 11 is 0. The molecule has 0 bridgehead atoms. The number of nitrogens with zero attached hydrogens (tertiary/aromatic N) is 6. The maximum Gasteiger partial charge on any atom is 0.264 e. The van der Waals surface area contributed by atoms with Gasteiger partial charge in [-0.3, -0.25) is 9.36 Å². The molecule has 2 aromatic carbocycles. The van der Waals surface area contributed by atoms with E-state index in [0.717, 1.165) is 16.8 Å². The fourth-order valence-electron chi connectivity index (χ4n) is 3.11. The topological polar surface area (TPSA) is 91.6 Å². The molecule has 5 aromatic rings. The Labute approximate surface area is 165 Å². The molecule has 142 valence electrons. The normalized spacial score (nSPS) is 11.2. The van der Waals surface area contributed by atoms with Crippen molar-refractivity contribution in [2.75, 3.05) is 0 Å². The average molecular weight is 384 g/mol. The van der Waals surface area contributed by atoms with Gasteiger partial charge in [0.25, 0.3) is 5.56 Å². The third-order valence-corrected chi connectivity index (χ3v) is 4.64. The van der Waals surface area contributed by atoms with Crippen LogP contribution in [0.3, 0.4) is 0 Å². The molecule has 3 aromatic heterocycles. The molecule has 0 aliphatic carbocycles. The van der Waals surface area contributed by atoms with Crippen LogP contribution in [0, 0.1) is 6.92 Å². The Kier molecular flexibility index (Phi) is 4.02. The van der Waals surface area contributed by atoms with Crippen LogP contribution in [0.2, 0.25) is 0 Å². The van der Waals surface area contributed by atoms with Gasteiger partial charge in [0.1, 0.15) is 18.3 Å². The molecule has 8 heteroatoms. The zero-order chi connectivity index (χ0) is 19.8. The zero-order valence-electron chi connectivity index (χ0n) is 15.6. The van der Waals surface area contributed by atoms with Gasteiger partial charge in [-0.2, -0.15) is 10.1 Å². The van der Waals surface area contributed by atoms with Crippen LogP contribution in [0.15, 0.2) is 76.4 Å². The highest BCUT2D eigenvalue weighted by atomic mass is 16.5. The highest BCUT2D eigenvalue weighted by molar-refractivity contribution is 5.74. The van der Waals surface area contributed by atoms with Gasteiger partial charge in [-0.05, 0) is 19.1 Å². The maximum absolute atomic E-state index is 12.9. The van der Waals surface area contributed by atoms with Gasteiger partial charge in [-0.25, -0.2) is 9.67 Å². The third kappa shape index (κ3) is 3.10. The Morgan fingerprint density at radius 3 is 2.62 bits per heavy atom. The summed E-state index contributed by atoms with van der Waals surface area (Å²) in [5, 5.41) is 8.75. The standard InChI is InChI=1S/C21H16N6O2/c1-14-7-9-16(10-8-14)27-20-17(11-23-27)21(28)26(13-22-20)12-18-24-19(25-29-18)15-5-3-2-4-6-15/h2-11,13H,12H2,1H3. The first kappa shape index (κ1) is 17.1. The number of hydrogen-bond acceptors (Lipinski definition) is 6. The second-order valence-corrected chi connectivity index (χ2v) is 6.68. The minimum atomic E-state index is -0.215. The van der Waals surface area contributed by atoms with Crippen LogP contribution in [0.1, 0.15) is 11.5 Å². The van der Waals surface area contributed by atoms with Crippen molar-refractivity contribution in [3.63, 3.8) is 0 Å². The summed E-state index contributed by atoms with van der Waals surface area (Å²) in [7, 11) is 0. The van der Waals surface area contributed by atoms with Crippen LogP contribution in [-0.4, -0.2) is 29.5 Å². The summed E-state index contributed by atoms with van der Waals surface area (Å²) in [6.45, 7) is 2.15. The SMILES string of the molecule is Cc1ccc(-n2ncc3c(=O)n(Cc4nc(-c5ccccc5)no4)cnc32)cc1. The number of aryl methyl sites for hydroxylation is 1. The van der Waals surface area contributed by atoms with Crippen molar-refractivity contribution in [1.82, 2.24) is 29.5 Å². The van der Waals surface area contributed by atoms with Gasteiger partial charge in [-0.15, -0.1) is 0 Å². The predicted octanol–water partition coefficient (Wildman–Crippen LogP) is 2.99. The quantitative estimate of drug-likeness (QED) is 0.473. The summed E-state index contributed by atoms with van der Waals surface area (Å²) in [5.41, 5.74) is 3.14. The lowest BCUT2D eigenvalue weighted by Crippen LogP contribution is -2.21. The van der Waals surface area contributed by atoms with E-state index < -0.39 is 0 Å². The van der Waals surface area contributed by atoms with Gasteiger partial charge in [0.15, 0.2) is 5.65 Å². The van der Waals surface area contributed by atoms with E-state index in [1.165, 1.54) is 17.1 Å². The summed E-state index contributed by atoms with van der Waals surface area (Å²) in [5.74, 6) is 0.813. The lowest BCUT2D eigenvalue weighted by Gasteiger charge is -2.04. The number of aromatic nitrogens is 6. The zero-order valence-corrected chi connectivity index (χ0v) is 15.6. The molecule has 0 atom stereocenters. The first-order valence-corrected chi connectivity index (χ1v) is 9.07. The first-order chi connectivity index (χ1) is 14.2. The number of fused-ring (bicyclic) bond motifs is 1. The molecule has 29 heavy (non-hydrogen) atoms. The van der Waals surface area contributed by atoms with Gasteiger partial charge in [0.05, 0.1) is 11.9 Å². The largest absolute Gasteiger partial charge is 0.337 e. The smallest absolute Gasteiger partial charge is 0.264 e. The van der Waals surface area contributed by atoms with E-state index in [1.807, 2.05) is 61.5 Å². The first-order valence-electron chi connectivity index (χ1n) is 9.07. The Balaban J connectivity index is 1.48. The number of hydrogen-bond donors (Lipinski definition) is 0. The molecule has 8 nitrogen and oxygen atoms in total. The number of rotatable bonds is 4. The summed E-state index contributed by atoms with van der Waals surface area (Å²) < 4.78 is 8.40. The van der Waals surface area contributed by atoms with E-state index in [1.54, 1.807) is 4.68 Å². The van der Waals surface area contributed by atoms with Crippen LogP contribution in [-0.2, 0) is 6.54 Å². The molecule has 0 unspecified atom stereocenters. The molecule has 0 aliphatic heterocycles. The Morgan fingerprint density at radius 1 is 1.03 bits per heavy atom. The molecule has 0 saturated carbocycles. The Bertz CT molecular complexity index is 1350. The van der Waals surface area contributed by atoms with Crippen LogP contribution in [0.5, 0.6) is 0 Å². The van der Waals surface area contributed by atoms with E-state index >= 15 is 0 Å². The predicted molar refractivity (Wildman–Crippen MR) is 107 cm³/mol. The molecule has 0 fully saturated rings. The molecule has 0 radical (unpaired) electrons. The maximum atomic E-state index is 12.9. The third-order valence-electron chi connectivity index (χ3n) is 4.64. The molecule has 0 spiro atoms. The number of benzene rings is 2. The highest BCUT2D eigenvalue weighted by Crippen LogP contribution is 2.16. The van der Waals surface area contributed by atoms with Crippen molar-refractivity contribution >= 4 is 11.0 Å². The van der Waals surface area contributed by atoms with Crippen molar-refractivity contribution in [2.24, 2.45) is 0 Å². The second-order valence-electron chi connectivity index (χ2n) is 6.68. The van der Waals surface area contributed by atoms with Crippen molar-refractivity contribution in [1.29, 1.82) is 0 Å². The summed E-state index contributed by atoms with van der Waals surface area (Å²) in [4.78, 5) is 21.7. The van der Waals surface area contributed by atoms with E-state index in [2.05, 4.69) is 20.2 Å². The highest BCUT2D eigenvalue weighted by Gasteiger charge is 2.14. The minimum Gasteiger partial charge on any atom is -0.337 e. The fourth-order valence-corrected chi connectivity index (χ4v) is 3.11. The average Bonchev–Trinajstić information content (AvgIpc) is 3.39. The molecule has 0 aliphatic rings. The fraction of sp³-hybridized carbons (Fsp3) is 0.0952. The van der Waals surface area contributed by atoms with Crippen LogP contribution < -0.4 is 5.56 Å². The van der Waals surface area contributed by atoms with E-state index in [-0.39, 0.29) is 12.1 Å². The Hall–Kier alpha value is -4.07. The van der Waals surface area contributed by atoms with E-state index in [4.69, 9.17) is 4.52 Å². The minimum absolute atomic E-state index is 0.136. The van der Waals surface area contributed by atoms with E-state index in [9.17, 15) is 4.79 Å². The van der Waals surface area contributed by atoms with Gasteiger partial charge in [0, 0.05) is 5.56 Å². The van der Waals surface area contributed by atoms with Crippen LogP contribution in [0.4, 0.5) is 0 Å². The van der Waals surface area contributed by atoms with Crippen LogP contribution >= 0.6 is 0 Å². The van der Waals surface area contributed by atoms with Crippen molar-refractivity contribution in [3.8, 4) is 17.1 Å². The van der Waals surface area contributed by atoms with Gasteiger partial charge < -0.3 is 4.52 Å². The van der Waals surface area contributed by atoms with Crippen LogP contribution in [0.25, 0.3) is 28.1 Å². The molecular weight excluding hydrogens is 368 g/mol.